The van der Waals surface area contributed by atoms with E-state index in [4.69, 9.17) is 11.6 Å². The smallest absolute Gasteiger partial charge is 0.252 e. The Hall–Kier alpha value is -4.35. The van der Waals surface area contributed by atoms with Crippen molar-refractivity contribution in [1.82, 2.24) is 25.2 Å². The van der Waals surface area contributed by atoms with E-state index in [-0.39, 0.29) is 18.3 Å². The van der Waals surface area contributed by atoms with Crippen LogP contribution in [0.5, 0.6) is 0 Å². The molecule has 1 aliphatic rings. The largest absolute Gasteiger partial charge is 0.360 e. The minimum atomic E-state index is -3.01. The number of carbonyl (C=O) groups excluding carboxylic acids is 2. The summed E-state index contributed by atoms with van der Waals surface area (Å²) in [5.74, 6) is -3.60. The minimum absolute atomic E-state index is 0.173. The van der Waals surface area contributed by atoms with Gasteiger partial charge in [0, 0.05) is 71.5 Å². The molecule has 1 saturated carbocycles. The number of halogens is 3. The second kappa shape index (κ2) is 12.9. The summed E-state index contributed by atoms with van der Waals surface area (Å²) in [4.78, 5) is 38.9. The van der Waals surface area contributed by atoms with E-state index in [1.54, 1.807) is 36.5 Å². The van der Waals surface area contributed by atoms with Crippen LogP contribution >= 0.6 is 11.6 Å². The first-order valence-electron chi connectivity index (χ1n) is 13.8. The van der Waals surface area contributed by atoms with Gasteiger partial charge in [-0.2, -0.15) is 0 Å². The van der Waals surface area contributed by atoms with Gasteiger partial charge < -0.3 is 25.8 Å². The summed E-state index contributed by atoms with van der Waals surface area (Å²) in [6, 6.07) is 12.5. The molecule has 0 radical (unpaired) electrons. The third-order valence-electron chi connectivity index (χ3n) is 7.07. The SMILES string of the molecule is CN(C)C/C=C/C(=O)Nc1ccc(C(=O)N[C@H]2C[C@@H](Nc3ncc(Cl)c(-c4c[nH]c5ccccc45)n3)CC(F)(F)C2)cc1. The number of hydrogen-bond donors (Lipinski definition) is 4. The van der Waals surface area contributed by atoms with Crippen molar-refractivity contribution < 1.29 is 18.4 Å². The highest BCUT2D eigenvalue weighted by Crippen LogP contribution is 2.36. The fourth-order valence-corrected chi connectivity index (χ4v) is 5.33. The zero-order valence-electron chi connectivity index (χ0n) is 23.7. The highest BCUT2D eigenvalue weighted by molar-refractivity contribution is 6.33. The lowest BCUT2D eigenvalue weighted by Crippen LogP contribution is -2.48. The van der Waals surface area contributed by atoms with Crippen molar-refractivity contribution in [2.24, 2.45) is 0 Å². The van der Waals surface area contributed by atoms with Gasteiger partial charge in [0.25, 0.3) is 11.8 Å². The minimum Gasteiger partial charge on any atom is -0.360 e. The average molecular weight is 608 g/mol. The molecule has 9 nitrogen and oxygen atoms in total. The second-order valence-corrected chi connectivity index (χ2v) is 11.3. The van der Waals surface area contributed by atoms with Gasteiger partial charge in [0.2, 0.25) is 11.9 Å². The van der Waals surface area contributed by atoms with Crippen LogP contribution in [-0.4, -0.2) is 70.3 Å². The van der Waals surface area contributed by atoms with Crippen molar-refractivity contribution in [2.75, 3.05) is 31.3 Å². The lowest BCUT2D eigenvalue weighted by atomic mass is 9.87. The number of nitrogens with zero attached hydrogens (tertiary/aromatic N) is 3. The Balaban J connectivity index is 1.23. The Morgan fingerprint density at radius 3 is 2.63 bits per heavy atom. The molecule has 43 heavy (non-hydrogen) atoms. The Kier molecular flexibility index (Phi) is 9.02. The summed E-state index contributed by atoms with van der Waals surface area (Å²) in [6.45, 7) is 0.627. The number of likely N-dealkylation sites (N-methyl/N-ethyl adjacent to an activating group) is 1. The van der Waals surface area contributed by atoms with Crippen molar-refractivity contribution in [1.29, 1.82) is 0 Å². The molecule has 2 atom stereocenters. The van der Waals surface area contributed by atoms with Gasteiger partial charge in [-0.1, -0.05) is 35.9 Å². The number of anilines is 2. The van der Waals surface area contributed by atoms with Gasteiger partial charge in [0.15, 0.2) is 0 Å². The molecule has 2 amide bonds. The molecule has 12 heteroatoms. The van der Waals surface area contributed by atoms with Crippen LogP contribution in [0.2, 0.25) is 5.02 Å². The van der Waals surface area contributed by atoms with E-state index in [0.717, 1.165) is 16.5 Å². The molecule has 5 rings (SSSR count). The van der Waals surface area contributed by atoms with Crippen LogP contribution in [-0.2, 0) is 4.79 Å². The fourth-order valence-electron chi connectivity index (χ4n) is 5.14. The van der Waals surface area contributed by atoms with E-state index in [9.17, 15) is 18.4 Å². The number of H-pyrrole nitrogens is 1. The molecular weight excluding hydrogens is 576 g/mol. The van der Waals surface area contributed by atoms with Crippen molar-refractivity contribution in [3.05, 3.63) is 83.7 Å². The molecule has 4 N–H and O–H groups in total. The Labute approximate surface area is 252 Å². The predicted molar refractivity (Wildman–Crippen MR) is 165 cm³/mol. The molecule has 0 unspecified atom stereocenters. The van der Waals surface area contributed by atoms with E-state index in [0.29, 0.717) is 28.5 Å². The third kappa shape index (κ3) is 7.74. The standard InChI is InChI=1S/C31H32ClF2N7O2/c1-41(2)13-5-8-27(42)37-20-11-9-19(10-12-20)29(43)38-21-14-22(16-31(33,34)15-21)39-30-36-18-25(32)28(40-30)24-17-35-26-7-4-3-6-23(24)26/h3-12,17-18,21-22,35H,13-16H2,1-2H3,(H,37,42)(H,38,43)(H,36,39,40)/b8-5+/t21-,22+/m0/s1. The zero-order chi connectivity index (χ0) is 30.6. The van der Waals surface area contributed by atoms with Crippen LogP contribution in [0.15, 0.2) is 73.1 Å². The summed E-state index contributed by atoms with van der Waals surface area (Å²) < 4.78 is 29.6. The van der Waals surface area contributed by atoms with Crippen LogP contribution in [0.4, 0.5) is 20.4 Å². The van der Waals surface area contributed by atoms with Crippen molar-refractivity contribution in [3.8, 4) is 11.3 Å². The van der Waals surface area contributed by atoms with E-state index < -0.39 is 36.8 Å². The maximum absolute atomic E-state index is 14.8. The van der Waals surface area contributed by atoms with Gasteiger partial charge in [-0.3, -0.25) is 9.59 Å². The number of carbonyl (C=O) groups is 2. The monoisotopic (exact) mass is 607 g/mol. The first-order valence-corrected chi connectivity index (χ1v) is 14.2. The van der Waals surface area contributed by atoms with Crippen LogP contribution < -0.4 is 16.0 Å². The van der Waals surface area contributed by atoms with Crippen LogP contribution in [0, 0.1) is 0 Å². The van der Waals surface area contributed by atoms with E-state index in [1.165, 1.54) is 12.3 Å². The molecule has 1 aliphatic carbocycles. The number of para-hydroxylation sites is 1. The fraction of sp³-hybridized carbons (Fsp3) is 0.290. The lowest BCUT2D eigenvalue weighted by molar-refractivity contribution is -0.111. The molecule has 0 spiro atoms. The molecule has 0 saturated heterocycles. The topological polar surface area (TPSA) is 115 Å². The van der Waals surface area contributed by atoms with Gasteiger partial charge in [-0.25, -0.2) is 18.7 Å². The van der Waals surface area contributed by atoms with Crippen molar-refractivity contribution in [3.63, 3.8) is 0 Å². The molecule has 2 aromatic heterocycles. The van der Waals surface area contributed by atoms with E-state index >= 15 is 0 Å². The highest BCUT2D eigenvalue weighted by atomic mass is 35.5. The number of rotatable bonds is 9. The number of nitrogens with one attached hydrogen (secondary N) is 4. The molecule has 0 aliphatic heterocycles. The summed E-state index contributed by atoms with van der Waals surface area (Å²) >= 11 is 6.42. The quantitative estimate of drug-likeness (QED) is 0.181. The molecule has 0 bridgehead atoms. The Bertz CT molecular complexity index is 1640. The van der Waals surface area contributed by atoms with Gasteiger partial charge in [-0.05, 0) is 50.8 Å². The Morgan fingerprint density at radius 2 is 1.86 bits per heavy atom. The number of hydrogen-bond acceptors (Lipinski definition) is 6. The summed E-state index contributed by atoms with van der Waals surface area (Å²) in [5, 5.41) is 9.75. The second-order valence-electron chi connectivity index (χ2n) is 10.9. The number of fused-ring (bicyclic) bond motifs is 1. The third-order valence-corrected chi connectivity index (χ3v) is 7.35. The maximum Gasteiger partial charge on any atom is 0.252 e. The van der Waals surface area contributed by atoms with Crippen molar-refractivity contribution in [2.45, 2.75) is 37.3 Å². The molecule has 2 aromatic carbocycles. The van der Waals surface area contributed by atoms with Gasteiger partial charge >= 0.3 is 0 Å². The lowest BCUT2D eigenvalue weighted by Gasteiger charge is -2.35. The number of aromatic nitrogens is 3. The average Bonchev–Trinajstić information content (AvgIpc) is 3.37. The zero-order valence-corrected chi connectivity index (χ0v) is 24.5. The van der Waals surface area contributed by atoms with Gasteiger partial charge in [-0.15, -0.1) is 0 Å². The number of aromatic amines is 1. The van der Waals surface area contributed by atoms with Gasteiger partial charge in [0.05, 0.1) is 16.9 Å². The Morgan fingerprint density at radius 1 is 1.12 bits per heavy atom. The van der Waals surface area contributed by atoms with E-state index in [2.05, 4.69) is 30.9 Å². The number of amides is 2. The van der Waals surface area contributed by atoms with Crippen molar-refractivity contribution >= 4 is 46.0 Å². The molecule has 224 valence electrons. The molecular formula is C31H32ClF2N7O2. The van der Waals surface area contributed by atoms with Gasteiger partial charge in [0.1, 0.15) is 0 Å². The first-order chi connectivity index (χ1) is 20.6. The number of alkyl halides is 2. The maximum atomic E-state index is 14.8. The summed E-state index contributed by atoms with van der Waals surface area (Å²) in [7, 11) is 3.79. The van der Waals surface area contributed by atoms with E-state index in [1.807, 2.05) is 43.3 Å². The first kappa shape index (κ1) is 30.1. The van der Waals surface area contributed by atoms with Crippen LogP contribution in [0.3, 0.4) is 0 Å². The summed E-state index contributed by atoms with van der Waals surface area (Å²) in [6.07, 6.45) is 5.77. The summed E-state index contributed by atoms with van der Waals surface area (Å²) in [5.41, 5.74) is 2.98. The normalized spacial score (nSPS) is 18.2. The predicted octanol–water partition coefficient (Wildman–Crippen LogP) is 5.73. The molecule has 4 aromatic rings. The molecule has 2 heterocycles. The highest BCUT2D eigenvalue weighted by Gasteiger charge is 2.42. The van der Waals surface area contributed by atoms with Crippen LogP contribution in [0.25, 0.3) is 22.2 Å². The molecule has 1 fully saturated rings. The number of benzene rings is 2. The van der Waals surface area contributed by atoms with Crippen LogP contribution in [0.1, 0.15) is 29.6 Å².